The predicted molar refractivity (Wildman–Crippen MR) is 83.6 cm³/mol. The molecule has 24 heavy (non-hydrogen) atoms. The summed E-state index contributed by atoms with van der Waals surface area (Å²) in [5.41, 5.74) is 4.72. The normalized spacial score (nSPS) is 25.0. The van der Waals surface area contributed by atoms with Crippen LogP contribution in [-0.4, -0.2) is 43.8 Å². The van der Waals surface area contributed by atoms with Gasteiger partial charge in [-0.05, 0) is 25.3 Å². The second-order valence-corrected chi connectivity index (χ2v) is 6.32. The van der Waals surface area contributed by atoms with E-state index in [4.69, 9.17) is 15.2 Å². The third-order valence-electron chi connectivity index (χ3n) is 4.62. The molecule has 2 aliphatic rings. The van der Waals surface area contributed by atoms with Gasteiger partial charge in [0.1, 0.15) is 12.4 Å². The Morgan fingerprint density at radius 1 is 1.38 bits per heavy atom. The molecule has 1 aromatic carbocycles. The summed E-state index contributed by atoms with van der Waals surface area (Å²) < 4.78 is 24.9. The van der Waals surface area contributed by atoms with Crippen molar-refractivity contribution >= 4 is 11.8 Å². The Hall–Kier alpha value is -1.99. The van der Waals surface area contributed by atoms with Crippen molar-refractivity contribution in [1.82, 2.24) is 5.32 Å². The monoisotopic (exact) mass is 336 g/mol. The van der Waals surface area contributed by atoms with Crippen molar-refractivity contribution in [1.29, 1.82) is 0 Å². The second kappa shape index (κ2) is 6.86. The van der Waals surface area contributed by atoms with Crippen LogP contribution in [0.25, 0.3) is 0 Å². The van der Waals surface area contributed by atoms with Crippen molar-refractivity contribution in [2.24, 2.45) is 5.73 Å². The van der Waals surface area contributed by atoms with Gasteiger partial charge in [0, 0.05) is 12.2 Å². The van der Waals surface area contributed by atoms with E-state index in [9.17, 15) is 14.0 Å². The number of rotatable bonds is 6. The molecule has 3 rings (SSSR count). The molecule has 1 heterocycles. The van der Waals surface area contributed by atoms with Gasteiger partial charge >= 0.3 is 0 Å². The van der Waals surface area contributed by atoms with Gasteiger partial charge in [-0.1, -0.05) is 18.2 Å². The smallest absolute Gasteiger partial charge is 0.243 e. The van der Waals surface area contributed by atoms with Gasteiger partial charge in [0.15, 0.2) is 0 Å². The minimum absolute atomic E-state index is 0.199. The lowest BCUT2D eigenvalue weighted by molar-refractivity contribution is -0.132. The molecule has 130 valence electrons. The van der Waals surface area contributed by atoms with Gasteiger partial charge < -0.3 is 20.5 Å². The number of carbonyl (C=O) groups excluding carboxylic acids is 2. The molecule has 0 bridgehead atoms. The molecule has 2 fully saturated rings. The molecule has 1 aliphatic heterocycles. The first-order chi connectivity index (χ1) is 11.5. The van der Waals surface area contributed by atoms with Crippen molar-refractivity contribution in [3.05, 3.63) is 35.6 Å². The van der Waals surface area contributed by atoms with Crippen molar-refractivity contribution in [2.75, 3.05) is 19.8 Å². The maximum absolute atomic E-state index is 14.1. The Kier molecular flexibility index (Phi) is 4.82. The first-order valence-electron chi connectivity index (χ1n) is 8.06. The van der Waals surface area contributed by atoms with E-state index >= 15 is 0 Å². The van der Waals surface area contributed by atoms with Crippen LogP contribution < -0.4 is 11.1 Å². The van der Waals surface area contributed by atoms with E-state index < -0.39 is 11.3 Å². The highest BCUT2D eigenvalue weighted by Gasteiger charge is 2.53. The molecule has 0 aromatic heterocycles. The summed E-state index contributed by atoms with van der Waals surface area (Å²) in [7, 11) is 0. The standard InChI is InChI=1S/C17H21FN2O4/c18-12-4-2-1-3-11(12)17(6-7-17)16(22)20-13-9-23-8-5-14(13)24-10-15(19)21/h1-4,13-14H,5-10H2,(H2,19,21)(H,20,22)/t13-,14+/m0/s1. The summed E-state index contributed by atoms with van der Waals surface area (Å²) in [4.78, 5) is 23.7. The Balaban J connectivity index is 1.69. The summed E-state index contributed by atoms with van der Waals surface area (Å²) in [5.74, 6) is -1.15. The SMILES string of the molecule is NC(=O)CO[C@@H]1CCOC[C@@H]1NC(=O)C1(c2ccccc2F)CC1. The Morgan fingerprint density at radius 3 is 2.79 bits per heavy atom. The van der Waals surface area contributed by atoms with E-state index in [1.807, 2.05) is 0 Å². The van der Waals surface area contributed by atoms with Crippen LogP contribution in [0.4, 0.5) is 4.39 Å². The van der Waals surface area contributed by atoms with E-state index in [-0.39, 0.29) is 30.5 Å². The fourth-order valence-corrected chi connectivity index (χ4v) is 3.14. The van der Waals surface area contributed by atoms with Gasteiger partial charge in [0.25, 0.3) is 0 Å². The molecule has 1 aliphatic carbocycles. The predicted octanol–water partition coefficient (Wildman–Crippen LogP) is 0.633. The summed E-state index contributed by atoms with van der Waals surface area (Å²) in [6.07, 6.45) is 1.44. The van der Waals surface area contributed by atoms with Crippen LogP contribution in [0.3, 0.4) is 0 Å². The average molecular weight is 336 g/mol. The topological polar surface area (TPSA) is 90.7 Å². The number of primary amides is 1. The van der Waals surface area contributed by atoms with Gasteiger partial charge in [0.2, 0.25) is 11.8 Å². The number of nitrogens with one attached hydrogen (secondary N) is 1. The highest BCUT2D eigenvalue weighted by Crippen LogP contribution is 2.49. The number of nitrogens with two attached hydrogens (primary N) is 1. The highest BCUT2D eigenvalue weighted by molar-refractivity contribution is 5.91. The Morgan fingerprint density at radius 2 is 2.12 bits per heavy atom. The number of halogens is 1. The van der Waals surface area contributed by atoms with Gasteiger partial charge in [-0.15, -0.1) is 0 Å². The Bertz CT molecular complexity index is 633. The summed E-state index contributed by atoms with van der Waals surface area (Å²) in [6, 6.07) is 5.98. The summed E-state index contributed by atoms with van der Waals surface area (Å²) in [6.45, 7) is 0.590. The lowest BCUT2D eigenvalue weighted by atomic mass is 9.93. The zero-order chi connectivity index (χ0) is 17.2. The number of amides is 2. The van der Waals surface area contributed by atoms with Crippen LogP contribution in [-0.2, 0) is 24.5 Å². The van der Waals surface area contributed by atoms with Crippen molar-refractivity contribution in [3.8, 4) is 0 Å². The van der Waals surface area contributed by atoms with E-state index in [2.05, 4.69) is 5.32 Å². The third kappa shape index (κ3) is 3.42. The molecule has 2 amide bonds. The maximum atomic E-state index is 14.1. The minimum Gasteiger partial charge on any atom is -0.379 e. The first-order valence-corrected chi connectivity index (χ1v) is 8.06. The van der Waals surface area contributed by atoms with Crippen LogP contribution in [0.2, 0.25) is 0 Å². The zero-order valence-electron chi connectivity index (χ0n) is 13.3. The van der Waals surface area contributed by atoms with Gasteiger partial charge in [-0.2, -0.15) is 0 Å². The lowest BCUT2D eigenvalue weighted by Crippen LogP contribution is -2.53. The van der Waals surface area contributed by atoms with E-state index in [0.29, 0.717) is 38.0 Å². The molecular weight excluding hydrogens is 315 g/mol. The lowest BCUT2D eigenvalue weighted by Gasteiger charge is -2.33. The number of ether oxygens (including phenoxy) is 2. The van der Waals surface area contributed by atoms with Crippen LogP contribution in [0.1, 0.15) is 24.8 Å². The number of carbonyl (C=O) groups is 2. The van der Waals surface area contributed by atoms with Gasteiger partial charge in [-0.25, -0.2) is 4.39 Å². The third-order valence-corrected chi connectivity index (χ3v) is 4.62. The highest BCUT2D eigenvalue weighted by atomic mass is 19.1. The average Bonchev–Trinajstić information content (AvgIpc) is 3.36. The molecule has 1 saturated heterocycles. The molecular formula is C17H21FN2O4. The van der Waals surface area contributed by atoms with E-state index in [1.54, 1.807) is 18.2 Å². The van der Waals surface area contributed by atoms with Crippen LogP contribution in [0.5, 0.6) is 0 Å². The first kappa shape index (κ1) is 16.9. The van der Waals surface area contributed by atoms with Gasteiger partial charge in [0.05, 0.1) is 24.2 Å². The molecule has 3 N–H and O–H groups in total. The van der Waals surface area contributed by atoms with Crippen LogP contribution in [0.15, 0.2) is 24.3 Å². The molecule has 1 saturated carbocycles. The molecule has 1 aromatic rings. The molecule has 7 heteroatoms. The number of benzene rings is 1. The maximum Gasteiger partial charge on any atom is 0.243 e. The molecule has 6 nitrogen and oxygen atoms in total. The van der Waals surface area contributed by atoms with Gasteiger partial charge in [-0.3, -0.25) is 9.59 Å². The van der Waals surface area contributed by atoms with E-state index in [1.165, 1.54) is 6.07 Å². The molecule has 0 radical (unpaired) electrons. The largest absolute Gasteiger partial charge is 0.379 e. The van der Waals surface area contributed by atoms with Crippen molar-refractivity contribution < 1.29 is 23.5 Å². The fraction of sp³-hybridized carbons (Fsp3) is 0.529. The van der Waals surface area contributed by atoms with Crippen molar-refractivity contribution in [2.45, 2.75) is 36.8 Å². The molecule has 0 unspecified atom stereocenters. The van der Waals surface area contributed by atoms with Crippen molar-refractivity contribution in [3.63, 3.8) is 0 Å². The summed E-state index contributed by atoms with van der Waals surface area (Å²) >= 11 is 0. The minimum atomic E-state index is -0.809. The molecule has 2 atom stereocenters. The van der Waals surface area contributed by atoms with E-state index in [0.717, 1.165) is 0 Å². The quantitative estimate of drug-likeness (QED) is 0.797. The Labute approximate surface area is 139 Å². The number of hydrogen-bond acceptors (Lipinski definition) is 4. The zero-order valence-corrected chi connectivity index (χ0v) is 13.3. The fourth-order valence-electron chi connectivity index (χ4n) is 3.14. The van der Waals surface area contributed by atoms with Crippen LogP contribution >= 0.6 is 0 Å². The number of hydrogen-bond donors (Lipinski definition) is 2. The molecule has 0 spiro atoms. The van der Waals surface area contributed by atoms with Crippen LogP contribution in [0, 0.1) is 5.82 Å². The second-order valence-electron chi connectivity index (χ2n) is 6.32. The summed E-state index contributed by atoms with van der Waals surface area (Å²) in [5, 5.41) is 2.91.